The van der Waals surface area contributed by atoms with Crippen molar-refractivity contribution in [2.75, 3.05) is 5.32 Å². The lowest BCUT2D eigenvalue weighted by atomic mass is 10.3. The van der Waals surface area contributed by atoms with Crippen LogP contribution in [0.3, 0.4) is 0 Å². The minimum Gasteiger partial charge on any atom is -0.301 e. The van der Waals surface area contributed by atoms with Gasteiger partial charge in [-0.25, -0.2) is 4.98 Å². The third kappa shape index (κ3) is 4.41. The minimum absolute atomic E-state index is 0.0627. The first-order chi connectivity index (χ1) is 12.1. The van der Waals surface area contributed by atoms with Crippen LogP contribution >= 0.6 is 34.4 Å². The van der Waals surface area contributed by atoms with Crippen LogP contribution < -0.4 is 10.9 Å². The second-order valence-corrected chi connectivity index (χ2v) is 8.33. The highest BCUT2D eigenvalue weighted by atomic mass is 32.2. The van der Waals surface area contributed by atoms with Gasteiger partial charge in [0.2, 0.25) is 16.0 Å². The number of amides is 1. The molecule has 25 heavy (non-hydrogen) atoms. The Balaban J connectivity index is 1.67. The molecule has 0 aliphatic heterocycles. The number of hydrogen-bond donors (Lipinski definition) is 1. The normalized spacial score (nSPS) is 11.1. The molecule has 3 heterocycles. The Morgan fingerprint density at radius 2 is 2.16 bits per heavy atom. The van der Waals surface area contributed by atoms with Crippen LogP contribution in [0.2, 0.25) is 0 Å². The molecule has 0 saturated heterocycles. The fourth-order valence-corrected chi connectivity index (χ4v) is 4.49. The van der Waals surface area contributed by atoms with Gasteiger partial charge in [-0.05, 0) is 12.8 Å². The van der Waals surface area contributed by atoms with Gasteiger partial charge in [0.15, 0.2) is 4.34 Å². The summed E-state index contributed by atoms with van der Waals surface area (Å²) >= 11 is 4.16. The third-order valence-electron chi connectivity index (χ3n) is 3.12. The van der Waals surface area contributed by atoms with E-state index in [0.29, 0.717) is 32.3 Å². The van der Waals surface area contributed by atoms with E-state index >= 15 is 0 Å². The number of carbonyl (C=O) groups excluding carboxylic acids is 1. The second kappa shape index (κ2) is 8.02. The van der Waals surface area contributed by atoms with Gasteiger partial charge in [-0.1, -0.05) is 48.3 Å². The predicted octanol–water partition coefficient (Wildman–Crippen LogP) is 2.60. The first-order valence-electron chi connectivity index (χ1n) is 7.74. The van der Waals surface area contributed by atoms with E-state index in [4.69, 9.17) is 0 Å². The van der Waals surface area contributed by atoms with Crippen LogP contribution in [0.15, 0.2) is 15.2 Å². The van der Waals surface area contributed by atoms with Crippen LogP contribution in [0.25, 0.3) is 4.96 Å². The van der Waals surface area contributed by atoms with Gasteiger partial charge < -0.3 is 5.32 Å². The van der Waals surface area contributed by atoms with Gasteiger partial charge >= 0.3 is 0 Å². The number of anilines is 1. The van der Waals surface area contributed by atoms with Gasteiger partial charge in [-0.3, -0.25) is 9.59 Å². The number of aryl methyl sites for hydroxylation is 1. The predicted molar refractivity (Wildman–Crippen MR) is 99.5 cm³/mol. The lowest BCUT2D eigenvalue weighted by Crippen LogP contribution is -2.15. The summed E-state index contributed by atoms with van der Waals surface area (Å²) < 4.78 is 2.05. The van der Waals surface area contributed by atoms with E-state index in [1.54, 1.807) is 0 Å². The number of rotatable bonds is 7. The second-order valence-electron chi connectivity index (χ2n) is 5.09. The molecule has 3 aromatic heterocycles. The van der Waals surface area contributed by atoms with Crippen molar-refractivity contribution in [3.05, 3.63) is 27.1 Å². The molecule has 0 aliphatic carbocycles. The van der Waals surface area contributed by atoms with Crippen molar-refractivity contribution < 1.29 is 4.79 Å². The Morgan fingerprint density at radius 1 is 1.32 bits per heavy atom. The highest BCUT2D eigenvalue weighted by Gasteiger charge is 2.11. The summed E-state index contributed by atoms with van der Waals surface area (Å²) in [7, 11) is 0. The van der Waals surface area contributed by atoms with Crippen LogP contribution in [0.4, 0.5) is 5.13 Å². The average Bonchev–Trinajstić information content (AvgIpc) is 3.19. The van der Waals surface area contributed by atoms with Crippen LogP contribution in [0, 0.1) is 0 Å². The Morgan fingerprint density at radius 3 is 2.92 bits per heavy atom. The largest absolute Gasteiger partial charge is 0.301 e. The van der Waals surface area contributed by atoms with Gasteiger partial charge in [0.05, 0.1) is 5.69 Å². The zero-order valence-electron chi connectivity index (χ0n) is 13.7. The van der Waals surface area contributed by atoms with Gasteiger partial charge in [0.1, 0.15) is 5.01 Å². The summed E-state index contributed by atoms with van der Waals surface area (Å²) in [5.74, 6) is 0.440. The van der Waals surface area contributed by atoms with Gasteiger partial charge in [0, 0.05) is 18.2 Å². The Labute approximate surface area is 155 Å². The molecule has 3 rings (SSSR count). The first kappa shape index (κ1) is 18.0. The maximum absolute atomic E-state index is 12.1. The van der Waals surface area contributed by atoms with Crippen molar-refractivity contribution in [3.63, 3.8) is 0 Å². The number of aromatic nitrogens is 5. The molecule has 3 aromatic rings. The van der Waals surface area contributed by atoms with Crippen molar-refractivity contribution in [1.82, 2.24) is 24.8 Å². The molecule has 1 amide bonds. The molecular weight excluding hydrogens is 380 g/mol. The molecule has 0 aliphatic rings. The highest BCUT2D eigenvalue weighted by Crippen LogP contribution is 2.28. The molecule has 0 aromatic carbocycles. The zero-order valence-corrected chi connectivity index (χ0v) is 16.1. The molecule has 0 fully saturated rings. The fourth-order valence-electron chi connectivity index (χ4n) is 1.98. The molecule has 8 nitrogen and oxygen atoms in total. The van der Waals surface area contributed by atoms with E-state index < -0.39 is 0 Å². The number of thioether (sulfide) groups is 1. The fraction of sp³-hybridized carbons (Fsp3) is 0.429. The molecule has 132 valence electrons. The van der Waals surface area contributed by atoms with E-state index in [1.165, 1.54) is 45.0 Å². The Hall–Kier alpha value is -1.85. The summed E-state index contributed by atoms with van der Waals surface area (Å²) in [4.78, 5) is 28.8. The van der Waals surface area contributed by atoms with E-state index in [9.17, 15) is 9.59 Å². The highest BCUT2D eigenvalue weighted by molar-refractivity contribution is 8.00. The Bertz CT molecular complexity index is 948. The smallest absolute Gasteiger partial charge is 0.275 e. The summed E-state index contributed by atoms with van der Waals surface area (Å²) in [5, 5.41) is 16.3. The molecular formula is C14H16N6O2S3. The topological polar surface area (TPSA) is 102 Å². The van der Waals surface area contributed by atoms with E-state index in [2.05, 4.69) is 25.6 Å². The first-order valence-corrected chi connectivity index (χ1v) is 10.4. The van der Waals surface area contributed by atoms with Crippen molar-refractivity contribution >= 4 is 50.4 Å². The molecule has 1 N–H and O–H groups in total. The summed E-state index contributed by atoms with van der Waals surface area (Å²) in [5.41, 5.74) is 0.495. The number of nitrogens with zero attached hydrogens (tertiary/aromatic N) is 5. The van der Waals surface area contributed by atoms with Crippen LogP contribution in [-0.2, 0) is 17.0 Å². The van der Waals surface area contributed by atoms with E-state index in [0.717, 1.165) is 17.8 Å². The molecule has 0 bridgehead atoms. The average molecular weight is 397 g/mol. The summed E-state index contributed by atoms with van der Waals surface area (Å²) in [6.07, 6.45) is 2.02. The summed E-state index contributed by atoms with van der Waals surface area (Å²) in [6.45, 7) is 3.94. The van der Waals surface area contributed by atoms with Crippen LogP contribution in [-0.4, -0.2) is 30.7 Å². The number of nitrogens with one attached hydrogen (secondary N) is 1. The van der Waals surface area contributed by atoms with Crippen molar-refractivity contribution in [2.24, 2.45) is 0 Å². The quantitative estimate of drug-likeness (QED) is 0.484. The third-order valence-corrected chi connectivity index (χ3v) is 6.17. The molecule has 11 heteroatoms. The van der Waals surface area contributed by atoms with Crippen LogP contribution in [0.5, 0.6) is 0 Å². The van der Waals surface area contributed by atoms with Gasteiger partial charge in [0.25, 0.3) is 5.56 Å². The standard InChI is InChI=1S/C14H16N6O2S3/c1-3-5-9(21)16-12-17-18-14(25-12)23-7-8-6-11(22)20-13(15-8)24-10(4-2)19-20/h6H,3-5,7H2,1-2H3,(H,16,17,21). The van der Waals surface area contributed by atoms with Crippen molar-refractivity contribution in [2.45, 2.75) is 43.2 Å². The lowest BCUT2D eigenvalue weighted by Gasteiger charge is -1.98. The van der Waals surface area contributed by atoms with E-state index in [1.807, 2.05) is 13.8 Å². The molecule has 0 unspecified atom stereocenters. The van der Waals surface area contributed by atoms with Crippen molar-refractivity contribution in [1.29, 1.82) is 0 Å². The molecule has 0 atom stereocenters. The zero-order chi connectivity index (χ0) is 17.8. The lowest BCUT2D eigenvalue weighted by molar-refractivity contribution is -0.116. The SMILES string of the molecule is CCCC(=O)Nc1nnc(SCc2cc(=O)n3nc(CC)sc3n2)s1. The van der Waals surface area contributed by atoms with E-state index in [-0.39, 0.29) is 11.5 Å². The van der Waals surface area contributed by atoms with Gasteiger partial charge in [-0.2, -0.15) is 9.61 Å². The Kier molecular flexibility index (Phi) is 5.76. The number of hydrogen-bond acceptors (Lipinski definition) is 9. The summed E-state index contributed by atoms with van der Waals surface area (Å²) in [6, 6.07) is 1.49. The van der Waals surface area contributed by atoms with Gasteiger partial charge in [-0.15, -0.1) is 10.2 Å². The number of fused-ring (bicyclic) bond motifs is 1. The molecule has 0 radical (unpaired) electrons. The number of carbonyl (C=O) groups is 1. The monoisotopic (exact) mass is 396 g/mol. The molecule has 0 saturated carbocycles. The van der Waals surface area contributed by atoms with Crippen LogP contribution in [0.1, 0.15) is 37.4 Å². The molecule has 0 spiro atoms. The maximum Gasteiger partial charge on any atom is 0.275 e. The minimum atomic E-state index is -0.179. The maximum atomic E-state index is 12.1. The van der Waals surface area contributed by atoms with Crippen molar-refractivity contribution in [3.8, 4) is 0 Å².